The summed E-state index contributed by atoms with van der Waals surface area (Å²) in [5, 5.41) is 0. The Morgan fingerprint density at radius 3 is 2.27 bits per heavy atom. The van der Waals surface area contributed by atoms with E-state index in [1.807, 2.05) is 13.8 Å². The molecule has 1 aromatic heterocycles. The first-order valence-electron chi connectivity index (χ1n) is 4.53. The summed E-state index contributed by atoms with van der Waals surface area (Å²) in [7, 11) is 1.21. The van der Waals surface area contributed by atoms with E-state index < -0.39 is 11.9 Å². The lowest BCUT2D eigenvalue weighted by Crippen LogP contribution is -2.47. The molecule has 84 valence electrons. The summed E-state index contributed by atoms with van der Waals surface area (Å²) >= 11 is 0. The van der Waals surface area contributed by atoms with Crippen LogP contribution in [0.15, 0.2) is 18.3 Å². The van der Waals surface area contributed by atoms with Crippen molar-refractivity contribution in [3.05, 3.63) is 29.6 Å². The van der Waals surface area contributed by atoms with E-state index in [1.165, 1.54) is 19.4 Å². The summed E-state index contributed by atoms with van der Waals surface area (Å²) in [6.07, 6.45) is -3.04. The number of halogens is 3. The number of alkyl halides is 3. The summed E-state index contributed by atoms with van der Waals surface area (Å²) in [4.78, 5) is 4.66. The predicted octanol–water partition coefficient (Wildman–Crippen LogP) is 2.17. The lowest BCUT2D eigenvalue weighted by molar-refractivity contribution is -0.896. The van der Waals surface area contributed by atoms with E-state index in [0.717, 1.165) is 16.4 Å². The molecule has 0 aromatic carbocycles. The molecular formula is C10H13F3NO+. The Morgan fingerprint density at radius 2 is 1.87 bits per heavy atom. The van der Waals surface area contributed by atoms with Gasteiger partial charge in [-0.05, 0) is 12.0 Å². The molecule has 0 N–H and O–H groups in total. The van der Waals surface area contributed by atoms with Crippen LogP contribution in [-0.4, -0.2) is 7.11 Å². The SMILES string of the molecule is CO[n+]1cc(C(C)C)ccc1C(F)(F)F. The summed E-state index contributed by atoms with van der Waals surface area (Å²) in [5.74, 6) is 0.161. The van der Waals surface area contributed by atoms with Gasteiger partial charge in [0.2, 0.25) is 6.20 Å². The summed E-state index contributed by atoms with van der Waals surface area (Å²) in [6, 6.07) is 2.49. The van der Waals surface area contributed by atoms with Crippen molar-refractivity contribution in [2.24, 2.45) is 0 Å². The van der Waals surface area contributed by atoms with E-state index in [4.69, 9.17) is 0 Å². The quantitative estimate of drug-likeness (QED) is 0.696. The van der Waals surface area contributed by atoms with Gasteiger partial charge in [0, 0.05) is 16.4 Å². The summed E-state index contributed by atoms with van der Waals surface area (Å²) in [5.41, 5.74) is -0.0146. The first-order valence-corrected chi connectivity index (χ1v) is 4.53. The lowest BCUT2D eigenvalue weighted by atomic mass is 10.1. The highest BCUT2D eigenvalue weighted by atomic mass is 19.4. The maximum absolute atomic E-state index is 12.5. The van der Waals surface area contributed by atoms with Crippen LogP contribution < -0.4 is 9.57 Å². The van der Waals surface area contributed by atoms with Crippen molar-refractivity contribution in [3.63, 3.8) is 0 Å². The molecule has 0 aliphatic carbocycles. The molecule has 0 bridgehead atoms. The standard InChI is InChI=1S/C10H13F3NO/c1-7(2)8-4-5-9(10(11,12)13)14(6-8)15-3/h4-7H,1-3H3/q+1. The zero-order valence-electron chi connectivity index (χ0n) is 8.80. The Labute approximate surface area is 86.2 Å². The molecular weight excluding hydrogens is 207 g/mol. The molecule has 5 heteroatoms. The van der Waals surface area contributed by atoms with Gasteiger partial charge in [0.25, 0.3) is 0 Å². The number of rotatable bonds is 2. The third-order valence-corrected chi connectivity index (χ3v) is 2.09. The van der Waals surface area contributed by atoms with Gasteiger partial charge in [-0.1, -0.05) is 13.8 Å². The smallest absolute Gasteiger partial charge is 0.274 e. The number of hydrogen-bond acceptors (Lipinski definition) is 1. The maximum atomic E-state index is 12.5. The Morgan fingerprint density at radius 1 is 1.27 bits per heavy atom. The molecule has 0 saturated carbocycles. The largest absolute Gasteiger partial charge is 0.482 e. The van der Waals surface area contributed by atoms with E-state index in [2.05, 4.69) is 4.84 Å². The van der Waals surface area contributed by atoms with E-state index in [-0.39, 0.29) is 5.92 Å². The predicted molar refractivity (Wildman–Crippen MR) is 48.2 cm³/mol. The second kappa shape index (κ2) is 4.08. The van der Waals surface area contributed by atoms with Crippen LogP contribution in [0.25, 0.3) is 0 Å². The molecule has 1 rings (SSSR count). The van der Waals surface area contributed by atoms with Crippen molar-refractivity contribution in [1.82, 2.24) is 0 Å². The fourth-order valence-corrected chi connectivity index (χ4v) is 1.21. The van der Waals surface area contributed by atoms with Gasteiger partial charge in [-0.15, -0.1) is 0 Å². The Bertz CT molecular complexity index is 347. The Balaban J connectivity index is 3.21. The summed E-state index contributed by atoms with van der Waals surface area (Å²) < 4.78 is 38.1. The molecule has 15 heavy (non-hydrogen) atoms. The van der Waals surface area contributed by atoms with Crippen LogP contribution in [0.1, 0.15) is 31.0 Å². The zero-order valence-corrected chi connectivity index (χ0v) is 8.80. The van der Waals surface area contributed by atoms with Crippen LogP contribution in [0.2, 0.25) is 0 Å². The zero-order chi connectivity index (χ0) is 11.6. The molecule has 0 aliphatic rings. The molecule has 0 fully saturated rings. The van der Waals surface area contributed by atoms with Crippen molar-refractivity contribution in [2.75, 3.05) is 7.11 Å². The minimum Gasteiger partial charge on any atom is -0.274 e. The van der Waals surface area contributed by atoms with E-state index >= 15 is 0 Å². The average molecular weight is 220 g/mol. The van der Waals surface area contributed by atoms with E-state index in [9.17, 15) is 13.2 Å². The Kier molecular flexibility index (Phi) is 3.21. The normalized spacial score (nSPS) is 11.9. The topological polar surface area (TPSA) is 13.1 Å². The molecule has 0 radical (unpaired) electrons. The fraction of sp³-hybridized carbons (Fsp3) is 0.500. The number of nitrogens with zero attached hydrogens (tertiary/aromatic N) is 1. The van der Waals surface area contributed by atoms with Crippen LogP contribution in [-0.2, 0) is 6.18 Å². The third-order valence-electron chi connectivity index (χ3n) is 2.09. The second-order valence-electron chi connectivity index (χ2n) is 3.51. The molecule has 0 aliphatic heterocycles. The highest BCUT2D eigenvalue weighted by molar-refractivity contribution is 5.14. The minimum absolute atomic E-state index is 0.161. The van der Waals surface area contributed by atoms with Gasteiger partial charge in [0.1, 0.15) is 7.11 Å². The van der Waals surface area contributed by atoms with Gasteiger partial charge >= 0.3 is 11.9 Å². The molecule has 0 amide bonds. The van der Waals surface area contributed by atoms with Crippen LogP contribution >= 0.6 is 0 Å². The monoisotopic (exact) mass is 220 g/mol. The molecule has 1 heterocycles. The van der Waals surface area contributed by atoms with Gasteiger partial charge in [-0.25, -0.2) is 0 Å². The molecule has 0 spiro atoms. The molecule has 0 saturated heterocycles. The Hall–Kier alpha value is -1.26. The number of aromatic nitrogens is 1. The molecule has 0 unspecified atom stereocenters. The second-order valence-corrected chi connectivity index (χ2v) is 3.51. The molecule has 2 nitrogen and oxygen atoms in total. The van der Waals surface area contributed by atoms with Crippen molar-refractivity contribution in [1.29, 1.82) is 0 Å². The first-order chi connectivity index (χ1) is 6.86. The van der Waals surface area contributed by atoms with Crippen molar-refractivity contribution in [2.45, 2.75) is 25.9 Å². The summed E-state index contributed by atoms with van der Waals surface area (Å²) in [6.45, 7) is 3.81. The van der Waals surface area contributed by atoms with Crippen LogP contribution in [0.4, 0.5) is 13.2 Å². The number of hydrogen-bond donors (Lipinski definition) is 0. The van der Waals surface area contributed by atoms with Crippen LogP contribution in [0, 0.1) is 0 Å². The first kappa shape index (κ1) is 11.8. The van der Waals surface area contributed by atoms with Crippen molar-refractivity contribution < 1.29 is 22.7 Å². The van der Waals surface area contributed by atoms with Crippen molar-refractivity contribution >= 4 is 0 Å². The molecule has 0 atom stereocenters. The fourth-order valence-electron chi connectivity index (χ4n) is 1.21. The van der Waals surface area contributed by atoms with Crippen LogP contribution in [0.3, 0.4) is 0 Å². The minimum atomic E-state index is -4.40. The van der Waals surface area contributed by atoms with Gasteiger partial charge in [0.05, 0.1) is 0 Å². The highest BCUT2D eigenvalue weighted by Crippen LogP contribution is 2.26. The number of pyridine rings is 1. The van der Waals surface area contributed by atoms with Crippen molar-refractivity contribution in [3.8, 4) is 0 Å². The average Bonchev–Trinajstić information content (AvgIpc) is 2.15. The van der Waals surface area contributed by atoms with Gasteiger partial charge in [-0.3, -0.25) is 4.84 Å². The highest BCUT2D eigenvalue weighted by Gasteiger charge is 2.42. The van der Waals surface area contributed by atoms with Gasteiger partial charge in [0.15, 0.2) is 0 Å². The van der Waals surface area contributed by atoms with Gasteiger partial charge in [-0.2, -0.15) is 13.2 Å². The van der Waals surface area contributed by atoms with Gasteiger partial charge < -0.3 is 0 Å². The van der Waals surface area contributed by atoms with E-state index in [0.29, 0.717) is 0 Å². The third kappa shape index (κ3) is 2.61. The van der Waals surface area contributed by atoms with Crippen LogP contribution in [0.5, 0.6) is 0 Å². The maximum Gasteiger partial charge on any atom is 0.482 e. The van der Waals surface area contributed by atoms with E-state index in [1.54, 1.807) is 0 Å². The lowest BCUT2D eigenvalue weighted by Gasteiger charge is -2.07. The molecule has 1 aromatic rings.